The van der Waals surface area contributed by atoms with E-state index in [1.807, 2.05) is 24.7 Å². The van der Waals surface area contributed by atoms with Crippen molar-refractivity contribution in [2.75, 3.05) is 17.2 Å². The van der Waals surface area contributed by atoms with Crippen LogP contribution in [0.5, 0.6) is 0 Å². The van der Waals surface area contributed by atoms with Gasteiger partial charge in [-0.15, -0.1) is 0 Å². The van der Waals surface area contributed by atoms with Crippen LogP contribution in [0.1, 0.15) is 12.6 Å². The van der Waals surface area contributed by atoms with E-state index in [1.54, 1.807) is 6.20 Å². The Kier molecular flexibility index (Phi) is 4.14. The average Bonchev–Trinajstić information content (AvgIpc) is 2.76. The minimum absolute atomic E-state index is 0.664. The summed E-state index contributed by atoms with van der Waals surface area (Å²) in [5, 5.41) is 10.5. The van der Waals surface area contributed by atoms with Crippen molar-refractivity contribution in [2.45, 2.75) is 13.5 Å². The van der Waals surface area contributed by atoms with Gasteiger partial charge >= 0.3 is 0 Å². The first-order valence-corrected chi connectivity index (χ1v) is 6.46. The fraction of sp³-hybridized carbons (Fsp3) is 0.364. The van der Waals surface area contributed by atoms with Crippen LogP contribution in [0, 0.1) is 0 Å². The summed E-state index contributed by atoms with van der Waals surface area (Å²) in [5.41, 5.74) is 1.09. The van der Waals surface area contributed by atoms with Gasteiger partial charge in [-0.05, 0) is 28.9 Å². The van der Waals surface area contributed by atoms with E-state index in [4.69, 9.17) is 0 Å². The first-order chi connectivity index (χ1) is 8.72. The van der Waals surface area contributed by atoms with Gasteiger partial charge in [-0.25, -0.2) is 9.97 Å². The molecule has 2 rings (SSSR count). The number of halogens is 1. The number of rotatable bonds is 5. The number of nitrogens with one attached hydrogen (secondary N) is 2. The van der Waals surface area contributed by atoms with Crippen molar-refractivity contribution in [3.8, 4) is 0 Å². The number of nitrogens with zero attached hydrogens (tertiary/aromatic N) is 4. The highest BCUT2D eigenvalue weighted by Gasteiger charge is 2.08. The maximum atomic E-state index is 4.21. The zero-order valence-corrected chi connectivity index (χ0v) is 11.9. The quantitative estimate of drug-likeness (QED) is 0.884. The predicted molar refractivity (Wildman–Crippen MR) is 74.4 cm³/mol. The van der Waals surface area contributed by atoms with E-state index in [0.29, 0.717) is 6.54 Å². The molecule has 6 nitrogen and oxygen atoms in total. The molecular formula is C11H15BrN6. The van der Waals surface area contributed by atoms with Gasteiger partial charge in [-0.3, -0.25) is 4.68 Å². The summed E-state index contributed by atoms with van der Waals surface area (Å²) in [6, 6.07) is 1.97. The molecule has 0 aliphatic heterocycles. The second kappa shape index (κ2) is 5.81. The second-order valence-electron chi connectivity index (χ2n) is 3.71. The molecule has 0 aliphatic rings. The van der Waals surface area contributed by atoms with Gasteiger partial charge in [0.1, 0.15) is 22.4 Å². The van der Waals surface area contributed by atoms with Gasteiger partial charge in [0, 0.05) is 19.8 Å². The molecule has 2 heterocycles. The van der Waals surface area contributed by atoms with Crippen LogP contribution in [0.15, 0.2) is 23.1 Å². The van der Waals surface area contributed by atoms with Gasteiger partial charge in [0.2, 0.25) is 0 Å². The summed E-state index contributed by atoms with van der Waals surface area (Å²) in [5.74, 6) is 1.56. The maximum absolute atomic E-state index is 4.21. The van der Waals surface area contributed by atoms with E-state index in [2.05, 4.69) is 41.6 Å². The summed E-state index contributed by atoms with van der Waals surface area (Å²) < 4.78 is 2.67. The minimum Gasteiger partial charge on any atom is -0.369 e. The van der Waals surface area contributed by atoms with Crippen molar-refractivity contribution in [2.24, 2.45) is 7.05 Å². The first-order valence-electron chi connectivity index (χ1n) is 5.67. The van der Waals surface area contributed by atoms with Crippen molar-refractivity contribution in [1.82, 2.24) is 19.7 Å². The molecular weight excluding hydrogens is 296 g/mol. The Morgan fingerprint density at radius 1 is 1.28 bits per heavy atom. The zero-order chi connectivity index (χ0) is 13.0. The predicted octanol–water partition coefficient (Wildman–Crippen LogP) is 2.02. The highest BCUT2D eigenvalue weighted by Crippen LogP contribution is 2.26. The highest BCUT2D eigenvalue weighted by atomic mass is 79.9. The molecule has 96 valence electrons. The van der Waals surface area contributed by atoms with E-state index in [-0.39, 0.29) is 0 Å². The van der Waals surface area contributed by atoms with Gasteiger partial charge in [0.25, 0.3) is 0 Å². The van der Waals surface area contributed by atoms with Gasteiger partial charge in [-0.1, -0.05) is 0 Å². The first kappa shape index (κ1) is 12.8. The molecule has 0 amide bonds. The second-order valence-corrected chi connectivity index (χ2v) is 4.51. The van der Waals surface area contributed by atoms with Crippen LogP contribution in [-0.4, -0.2) is 26.3 Å². The Morgan fingerprint density at radius 2 is 2.00 bits per heavy atom. The van der Waals surface area contributed by atoms with Crippen molar-refractivity contribution in [1.29, 1.82) is 0 Å². The molecule has 0 bridgehead atoms. The lowest BCUT2D eigenvalue weighted by molar-refractivity contribution is 0.719. The largest absolute Gasteiger partial charge is 0.369 e. The monoisotopic (exact) mass is 310 g/mol. The normalized spacial score (nSPS) is 10.4. The standard InChI is InChI=1S/C11H15BrN6/c1-3-13-10-9(12)11(16-7-15-10)14-6-8-4-5-17-18(8)2/h4-5,7H,3,6H2,1-2H3,(H2,13,14,15,16). The number of aryl methyl sites for hydroxylation is 1. The molecule has 0 saturated heterocycles. The van der Waals surface area contributed by atoms with E-state index in [0.717, 1.165) is 28.3 Å². The number of hydrogen-bond donors (Lipinski definition) is 2. The van der Waals surface area contributed by atoms with Crippen LogP contribution < -0.4 is 10.6 Å². The fourth-order valence-electron chi connectivity index (χ4n) is 1.53. The maximum Gasteiger partial charge on any atom is 0.146 e. The third-order valence-corrected chi connectivity index (χ3v) is 3.24. The van der Waals surface area contributed by atoms with Crippen molar-refractivity contribution >= 4 is 27.6 Å². The SMILES string of the molecule is CCNc1ncnc(NCc2ccnn2C)c1Br. The molecule has 18 heavy (non-hydrogen) atoms. The molecule has 2 aromatic heterocycles. The summed E-state index contributed by atoms with van der Waals surface area (Å²) >= 11 is 3.49. The lowest BCUT2D eigenvalue weighted by atomic mass is 10.4. The fourth-order valence-corrected chi connectivity index (χ4v) is 2.02. The molecule has 0 aromatic carbocycles. The van der Waals surface area contributed by atoms with Crippen molar-refractivity contribution in [3.05, 3.63) is 28.8 Å². The Morgan fingerprint density at radius 3 is 2.61 bits per heavy atom. The van der Waals surface area contributed by atoms with Crippen LogP contribution in [0.3, 0.4) is 0 Å². The van der Waals surface area contributed by atoms with Crippen LogP contribution >= 0.6 is 15.9 Å². The summed E-state index contributed by atoms with van der Waals surface area (Å²) in [4.78, 5) is 8.38. The third-order valence-electron chi connectivity index (χ3n) is 2.49. The summed E-state index contributed by atoms with van der Waals surface area (Å²) in [6.45, 7) is 3.51. The topological polar surface area (TPSA) is 67.7 Å². The third kappa shape index (κ3) is 2.79. The Balaban J connectivity index is 2.10. The molecule has 0 saturated carbocycles. The molecule has 0 unspecified atom stereocenters. The van der Waals surface area contributed by atoms with Crippen LogP contribution in [-0.2, 0) is 13.6 Å². The number of aromatic nitrogens is 4. The van der Waals surface area contributed by atoms with Crippen molar-refractivity contribution < 1.29 is 0 Å². The molecule has 0 spiro atoms. The van der Waals surface area contributed by atoms with E-state index in [9.17, 15) is 0 Å². The molecule has 2 N–H and O–H groups in total. The van der Waals surface area contributed by atoms with Gasteiger partial charge in [-0.2, -0.15) is 5.10 Å². The van der Waals surface area contributed by atoms with Gasteiger partial charge in [0.15, 0.2) is 0 Å². The van der Waals surface area contributed by atoms with Gasteiger partial charge < -0.3 is 10.6 Å². The lowest BCUT2D eigenvalue weighted by Crippen LogP contribution is -2.09. The number of hydrogen-bond acceptors (Lipinski definition) is 5. The van der Waals surface area contributed by atoms with E-state index >= 15 is 0 Å². The molecule has 0 aliphatic carbocycles. The molecule has 0 fully saturated rings. The minimum atomic E-state index is 0.664. The van der Waals surface area contributed by atoms with E-state index in [1.165, 1.54) is 6.33 Å². The molecule has 0 radical (unpaired) electrons. The Bertz CT molecular complexity index is 524. The lowest BCUT2D eigenvalue weighted by Gasteiger charge is -2.10. The average molecular weight is 311 g/mol. The highest BCUT2D eigenvalue weighted by molar-refractivity contribution is 9.10. The van der Waals surface area contributed by atoms with Crippen molar-refractivity contribution in [3.63, 3.8) is 0 Å². The Hall–Kier alpha value is -1.63. The van der Waals surface area contributed by atoms with Crippen LogP contribution in [0.25, 0.3) is 0 Å². The zero-order valence-electron chi connectivity index (χ0n) is 10.3. The molecule has 2 aromatic rings. The van der Waals surface area contributed by atoms with Gasteiger partial charge in [0.05, 0.1) is 12.2 Å². The molecule has 7 heteroatoms. The van der Waals surface area contributed by atoms with E-state index < -0.39 is 0 Å². The number of anilines is 2. The summed E-state index contributed by atoms with van der Waals surface area (Å²) in [6.07, 6.45) is 3.31. The van der Waals surface area contributed by atoms with Crippen LogP contribution in [0.4, 0.5) is 11.6 Å². The molecule has 0 atom stereocenters. The van der Waals surface area contributed by atoms with Crippen LogP contribution in [0.2, 0.25) is 0 Å². The Labute approximate surface area is 114 Å². The smallest absolute Gasteiger partial charge is 0.146 e. The summed E-state index contributed by atoms with van der Waals surface area (Å²) in [7, 11) is 1.91.